The maximum atomic E-state index is 12.4. The van der Waals surface area contributed by atoms with E-state index in [9.17, 15) is 19.5 Å². The van der Waals surface area contributed by atoms with E-state index in [0.717, 1.165) is 10.0 Å². The summed E-state index contributed by atoms with van der Waals surface area (Å²) < 4.78 is 0.865. The van der Waals surface area contributed by atoms with Crippen LogP contribution in [0.5, 0.6) is 0 Å². The van der Waals surface area contributed by atoms with E-state index in [1.54, 1.807) is 24.3 Å². The fraction of sp³-hybridized carbons (Fsp3) is 0.471. The highest BCUT2D eigenvalue weighted by atomic mass is 79.9. The van der Waals surface area contributed by atoms with E-state index in [2.05, 4.69) is 15.9 Å². The second-order valence-electron chi connectivity index (χ2n) is 6.25. The van der Waals surface area contributed by atoms with Gasteiger partial charge >= 0.3 is 0 Å². The summed E-state index contributed by atoms with van der Waals surface area (Å²) in [5.41, 5.74) is -0.719. The predicted octanol–water partition coefficient (Wildman–Crippen LogP) is 2.67. The van der Waals surface area contributed by atoms with Crippen molar-refractivity contribution in [2.75, 3.05) is 0 Å². The number of Topliss-reactive ketones (excluding diaryl/α,β-unsaturated/α-hetero) is 3. The van der Waals surface area contributed by atoms with E-state index in [0.29, 0.717) is 0 Å². The first-order valence-corrected chi connectivity index (χ1v) is 7.96. The molecule has 2 rings (SSSR count). The van der Waals surface area contributed by atoms with Crippen LogP contribution in [-0.2, 0) is 14.4 Å². The van der Waals surface area contributed by atoms with Crippen molar-refractivity contribution in [1.82, 2.24) is 0 Å². The van der Waals surface area contributed by atoms with E-state index >= 15 is 0 Å². The normalized spacial score (nSPS) is 31.9. The number of carbonyl (C=O) groups is 3. The van der Waals surface area contributed by atoms with Crippen molar-refractivity contribution in [2.45, 2.75) is 38.7 Å². The van der Waals surface area contributed by atoms with Gasteiger partial charge in [0.25, 0.3) is 0 Å². The number of rotatable bonds is 3. The van der Waals surface area contributed by atoms with Crippen molar-refractivity contribution < 1.29 is 19.5 Å². The Kier molecular flexibility index (Phi) is 4.68. The van der Waals surface area contributed by atoms with Crippen molar-refractivity contribution in [1.29, 1.82) is 0 Å². The molecule has 1 saturated carbocycles. The second kappa shape index (κ2) is 6.05. The molecule has 0 spiro atoms. The van der Waals surface area contributed by atoms with Crippen LogP contribution in [0.25, 0.3) is 0 Å². The van der Waals surface area contributed by atoms with Gasteiger partial charge in [-0.3, -0.25) is 14.4 Å². The lowest BCUT2D eigenvalue weighted by molar-refractivity contribution is -0.151. The molecule has 1 aromatic rings. The van der Waals surface area contributed by atoms with E-state index in [1.165, 1.54) is 20.8 Å². The summed E-state index contributed by atoms with van der Waals surface area (Å²) in [5.74, 6) is -3.06. The van der Waals surface area contributed by atoms with Gasteiger partial charge in [-0.05, 0) is 38.5 Å². The van der Waals surface area contributed by atoms with E-state index in [4.69, 9.17) is 0 Å². The second-order valence-corrected chi connectivity index (χ2v) is 7.17. The molecule has 4 atom stereocenters. The number of hydrogen-bond acceptors (Lipinski definition) is 4. The number of hydrogen-bond donors (Lipinski definition) is 1. The summed E-state index contributed by atoms with van der Waals surface area (Å²) in [7, 11) is 0. The fourth-order valence-corrected chi connectivity index (χ4v) is 3.86. The first-order valence-electron chi connectivity index (χ1n) is 7.16. The highest BCUT2D eigenvalue weighted by Crippen LogP contribution is 2.46. The molecule has 0 saturated heterocycles. The molecule has 1 N–H and O–H groups in total. The molecule has 1 aliphatic rings. The molecule has 0 aromatic heterocycles. The van der Waals surface area contributed by atoms with Crippen molar-refractivity contribution in [3.63, 3.8) is 0 Å². The SMILES string of the molecule is CC(=O)[C@H]1C(=O)C[C@@](C)(O)[C@@H](C(C)=O)[C@@H]1c1ccc(Br)cc1. The lowest BCUT2D eigenvalue weighted by Crippen LogP contribution is -2.53. The Morgan fingerprint density at radius 2 is 1.73 bits per heavy atom. The lowest BCUT2D eigenvalue weighted by atomic mass is 9.60. The minimum atomic E-state index is -1.44. The highest BCUT2D eigenvalue weighted by Gasteiger charge is 2.53. The van der Waals surface area contributed by atoms with Crippen molar-refractivity contribution in [2.24, 2.45) is 11.8 Å². The molecule has 0 heterocycles. The molecule has 0 unspecified atom stereocenters. The molecule has 118 valence electrons. The Morgan fingerprint density at radius 3 is 2.18 bits per heavy atom. The molecule has 1 aromatic carbocycles. The van der Waals surface area contributed by atoms with Gasteiger partial charge in [0, 0.05) is 16.8 Å². The molecular weight excluding hydrogens is 348 g/mol. The van der Waals surface area contributed by atoms with Crippen LogP contribution in [0, 0.1) is 11.8 Å². The van der Waals surface area contributed by atoms with Gasteiger partial charge in [-0.15, -0.1) is 0 Å². The van der Waals surface area contributed by atoms with Crippen LogP contribution in [0.2, 0.25) is 0 Å². The van der Waals surface area contributed by atoms with Gasteiger partial charge in [-0.2, -0.15) is 0 Å². The lowest BCUT2D eigenvalue weighted by Gasteiger charge is -2.44. The molecule has 0 aliphatic heterocycles. The molecular formula is C17H19BrO4. The van der Waals surface area contributed by atoms with Crippen LogP contribution in [0.3, 0.4) is 0 Å². The van der Waals surface area contributed by atoms with Crippen LogP contribution < -0.4 is 0 Å². The van der Waals surface area contributed by atoms with Gasteiger partial charge < -0.3 is 5.11 Å². The molecule has 0 amide bonds. The summed E-state index contributed by atoms with van der Waals surface area (Å²) in [6, 6.07) is 7.18. The summed E-state index contributed by atoms with van der Waals surface area (Å²) in [6.45, 7) is 4.27. The third-order valence-electron chi connectivity index (χ3n) is 4.40. The summed E-state index contributed by atoms with van der Waals surface area (Å²) in [6.07, 6.45) is -0.172. The van der Waals surface area contributed by atoms with Gasteiger partial charge in [-0.1, -0.05) is 28.1 Å². The average molecular weight is 367 g/mol. The largest absolute Gasteiger partial charge is 0.389 e. The van der Waals surface area contributed by atoms with Gasteiger partial charge in [0.1, 0.15) is 17.3 Å². The Labute approximate surface area is 138 Å². The Hall–Kier alpha value is -1.33. The number of benzene rings is 1. The first kappa shape index (κ1) is 17.0. The predicted molar refractivity (Wildman–Crippen MR) is 85.5 cm³/mol. The zero-order chi connectivity index (χ0) is 16.7. The van der Waals surface area contributed by atoms with Gasteiger partial charge in [-0.25, -0.2) is 0 Å². The minimum Gasteiger partial charge on any atom is -0.389 e. The maximum absolute atomic E-state index is 12.4. The summed E-state index contributed by atoms with van der Waals surface area (Å²) >= 11 is 3.34. The van der Waals surface area contributed by atoms with Crippen LogP contribution in [-0.4, -0.2) is 28.1 Å². The smallest absolute Gasteiger partial charge is 0.146 e. The van der Waals surface area contributed by atoms with E-state index in [1.807, 2.05) is 0 Å². The Morgan fingerprint density at radius 1 is 1.18 bits per heavy atom. The third kappa shape index (κ3) is 3.06. The Balaban J connectivity index is 2.61. The van der Waals surface area contributed by atoms with Gasteiger partial charge in [0.2, 0.25) is 0 Å². The zero-order valence-corrected chi connectivity index (χ0v) is 14.4. The van der Waals surface area contributed by atoms with Crippen LogP contribution in [0.4, 0.5) is 0 Å². The minimum absolute atomic E-state index is 0.172. The topological polar surface area (TPSA) is 71.4 Å². The van der Waals surface area contributed by atoms with Crippen molar-refractivity contribution >= 4 is 33.3 Å². The molecule has 4 nitrogen and oxygen atoms in total. The number of halogens is 1. The highest BCUT2D eigenvalue weighted by molar-refractivity contribution is 9.10. The van der Waals surface area contributed by atoms with Gasteiger partial charge in [0.05, 0.1) is 17.4 Å². The van der Waals surface area contributed by atoms with Gasteiger partial charge in [0.15, 0.2) is 0 Å². The van der Waals surface area contributed by atoms with E-state index in [-0.39, 0.29) is 23.8 Å². The quantitative estimate of drug-likeness (QED) is 0.834. The number of ketones is 3. The Bertz CT molecular complexity index is 618. The van der Waals surface area contributed by atoms with Crippen molar-refractivity contribution in [3.05, 3.63) is 34.3 Å². The molecule has 1 aliphatic carbocycles. The molecule has 0 radical (unpaired) electrons. The summed E-state index contributed by atoms with van der Waals surface area (Å²) in [4.78, 5) is 36.5. The molecule has 0 bridgehead atoms. The van der Waals surface area contributed by atoms with Crippen LogP contribution >= 0.6 is 15.9 Å². The molecule has 5 heteroatoms. The molecule has 1 fully saturated rings. The monoisotopic (exact) mass is 366 g/mol. The third-order valence-corrected chi connectivity index (χ3v) is 4.93. The van der Waals surface area contributed by atoms with Crippen LogP contribution in [0.1, 0.15) is 38.7 Å². The average Bonchev–Trinajstić information content (AvgIpc) is 2.36. The molecule has 22 heavy (non-hydrogen) atoms. The van der Waals surface area contributed by atoms with Crippen LogP contribution in [0.15, 0.2) is 28.7 Å². The fourth-order valence-electron chi connectivity index (χ4n) is 3.59. The number of aliphatic hydroxyl groups is 1. The van der Waals surface area contributed by atoms with E-state index < -0.39 is 23.4 Å². The van der Waals surface area contributed by atoms with Crippen molar-refractivity contribution in [3.8, 4) is 0 Å². The zero-order valence-electron chi connectivity index (χ0n) is 12.8. The standard InChI is InChI=1S/C17H19BrO4/c1-9(19)14-13(21)8-17(3,22)16(10(2)20)15(14)11-4-6-12(18)7-5-11/h4-7,14-16,22H,8H2,1-3H3/t14-,15+,16-,17+/m0/s1. The number of carbonyl (C=O) groups excluding carboxylic acids is 3. The summed E-state index contributed by atoms with van der Waals surface area (Å²) in [5, 5.41) is 10.6. The first-order chi connectivity index (χ1) is 10.1. The maximum Gasteiger partial charge on any atom is 0.146 e.